The molecule has 0 spiro atoms. The molecule has 3 rings (SSSR count). The van der Waals surface area contributed by atoms with Crippen molar-refractivity contribution in [3.8, 4) is 11.5 Å². The van der Waals surface area contributed by atoms with Gasteiger partial charge in [-0.1, -0.05) is 34.1 Å². The maximum absolute atomic E-state index is 10.0. The lowest BCUT2D eigenvalue weighted by Crippen LogP contribution is -2.20. The number of methoxy groups -OCH3 is 1. The number of halogens is 1. The predicted molar refractivity (Wildman–Crippen MR) is 107 cm³/mol. The van der Waals surface area contributed by atoms with Gasteiger partial charge in [0.15, 0.2) is 11.5 Å². The molecule has 1 unspecified atom stereocenters. The predicted octanol–water partition coefficient (Wildman–Crippen LogP) is 4.45. The van der Waals surface area contributed by atoms with Crippen LogP contribution in [0.2, 0.25) is 0 Å². The van der Waals surface area contributed by atoms with E-state index in [1.807, 2.05) is 42.5 Å². The summed E-state index contributed by atoms with van der Waals surface area (Å²) in [4.78, 5) is 0. The van der Waals surface area contributed by atoms with E-state index in [4.69, 9.17) is 13.9 Å². The molecule has 3 aromatic rings. The number of hydrogen-bond donors (Lipinski definition) is 2. The summed E-state index contributed by atoms with van der Waals surface area (Å²) in [6.07, 6.45) is 0.881. The second kappa shape index (κ2) is 9.60. The minimum atomic E-state index is -0.671. The number of ether oxygens (including phenoxy) is 2. The Labute approximate surface area is 167 Å². The van der Waals surface area contributed by atoms with Crippen LogP contribution in [0.15, 0.2) is 69.8 Å². The highest BCUT2D eigenvalue weighted by atomic mass is 79.9. The molecule has 142 valence electrons. The van der Waals surface area contributed by atoms with Crippen molar-refractivity contribution in [1.82, 2.24) is 5.32 Å². The summed E-state index contributed by atoms with van der Waals surface area (Å²) in [6.45, 7) is 1.47. The van der Waals surface area contributed by atoms with E-state index < -0.39 is 6.10 Å². The highest BCUT2D eigenvalue weighted by Gasteiger charge is 2.10. The molecule has 27 heavy (non-hydrogen) atoms. The monoisotopic (exact) mass is 431 g/mol. The average molecular weight is 432 g/mol. The smallest absolute Gasteiger partial charge is 0.161 e. The molecule has 0 aliphatic rings. The first-order valence-corrected chi connectivity index (χ1v) is 9.41. The number of aliphatic hydroxyl groups is 1. The number of benzene rings is 2. The number of nitrogens with one attached hydrogen (secondary N) is 1. The van der Waals surface area contributed by atoms with Gasteiger partial charge in [0, 0.05) is 17.6 Å². The lowest BCUT2D eigenvalue weighted by molar-refractivity contribution is 0.147. The van der Waals surface area contributed by atoms with Gasteiger partial charge >= 0.3 is 0 Å². The molecule has 6 heteroatoms. The summed E-state index contributed by atoms with van der Waals surface area (Å²) in [7, 11) is 1.62. The van der Waals surface area contributed by atoms with Gasteiger partial charge in [0.1, 0.15) is 18.5 Å². The summed E-state index contributed by atoms with van der Waals surface area (Å²) in [6, 6.07) is 17.3. The van der Waals surface area contributed by atoms with Crippen LogP contribution in [0.3, 0.4) is 0 Å². The zero-order valence-electron chi connectivity index (χ0n) is 15.0. The fourth-order valence-electron chi connectivity index (χ4n) is 2.62. The average Bonchev–Trinajstić information content (AvgIpc) is 3.23. The largest absolute Gasteiger partial charge is 0.493 e. The molecule has 5 nitrogen and oxygen atoms in total. The van der Waals surface area contributed by atoms with Crippen LogP contribution in [-0.4, -0.2) is 18.8 Å². The lowest BCUT2D eigenvalue weighted by Gasteiger charge is -2.13. The molecule has 0 aliphatic carbocycles. The van der Waals surface area contributed by atoms with Crippen molar-refractivity contribution in [2.24, 2.45) is 0 Å². The minimum Gasteiger partial charge on any atom is -0.493 e. The van der Waals surface area contributed by atoms with Crippen molar-refractivity contribution in [1.29, 1.82) is 0 Å². The summed E-state index contributed by atoms with van der Waals surface area (Å²) in [5.74, 6) is 1.93. The zero-order valence-corrected chi connectivity index (χ0v) is 16.6. The number of aliphatic hydroxyl groups excluding tert-OH is 1. The van der Waals surface area contributed by atoms with E-state index in [1.165, 1.54) is 0 Å². The van der Waals surface area contributed by atoms with E-state index in [-0.39, 0.29) is 0 Å². The number of rotatable bonds is 9. The van der Waals surface area contributed by atoms with Gasteiger partial charge in [0.2, 0.25) is 0 Å². The van der Waals surface area contributed by atoms with Crippen molar-refractivity contribution in [2.45, 2.75) is 19.3 Å². The maximum atomic E-state index is 10.0. The third kappa shape index (κ3) is 5.60. The summed E-state index contributed by atoms with van der Waals surface area (Å²) < 4.78 is 17.6. The molecule has 1 heterocycles. The van der Waals surface area contributed by atoms with Crippen LogP contribution in [0.1, 0.15) is 23.0 Å². The quantitative estimate of drug-likeness (QED) is 0.523. The summed E-state index contributed by atoms with van der Waals surface area (Å²) in [5.41, 5.74) is 2.12. The van der Waals surface area contributed by atoms with Crippen molar-refractivity contribution in [2.75, 3.05) is 13.7 Å². The van der Waals surface area contributed by atoms with Crippen LogP contribution in [0.5, 0.6) is 11.5 Å². The van der Waals surface area contributed by atoms with Gasteiger partial charge in [-0.3, -0.25) is 0 Å². The molecule has 1 aromatic heterocycles. The molecular weight excluding hydrogens is 410 g/mol. The van der Waals surface area contributed by atoms with E-state index in [0.717, 1.165) is 15.6 Å². The molecule has 0 radical (unpaired) electrons. The van der Waals surface area contributed by atoms with Gasteiger partial charge in [-0.2, -0.15) is 0 Å². The van der Waals surface area contributed by atoms with Gasteiger partial charge in [-0.25, -0.2) is 0 Å². The Balaban J connectivity index is 1.54. The molecule has 0 bridgehead atoms. The first-order valence-electron chi connectivity index (χ1n) is 8.62. The van der Waals surface area contributed by atoms with Gasteiger partial charge in [-0.05, 0) is 47.5 Å². The molecule has 0 saturated carbocycles. The topological polar surface area (TPSA) is 63.9 Å². The molecule has 0 saturated heterocycles. The van der Waals surface area contributed by atoms with Gasteiger partial charge in [0.05, 0.1) is 13.4 Å². The van der Waals surface area contributed by atoms with Crippen molar-refractivity contribution in [3.05, 3.63) is 82.2 Å². The molecule has 2 aromatic carbocycles. The molecule has 2 N–H and O–H groups in total. The van der Waals surface area contributed by atoms with Crippen LogP contribution in [0.4, 0.5) is 0 Å². The third-order valence-electron chi connectivity index (χ3n) is 4.07. The van der Waals surface area contributed by atoms with Crippen LogP contribution < -0.4 is 14.8 Å². The van der Waals surface area contributed by atoms with Crippen molar-refractivity contribution < 1.29 is 19.0 Å². The Kier molecular flexibility index (Phi) is 6.92. The fraction of sp³-hybridized carbons (Fsp3) is 0.238. The van der Waals surface area contributed by atoms with E-state index in [2.05, 4.69) is 21.2 Å². The van der Waals surface area contributed by atoms with Crippen molar-refractivity contribution >= 4 is 15.9 Å². The molecule has 0 fully saturated rings. The third-order valence-corrected chi connectivity index (χ3v) is 4.60. The van der Waals surface area contributed by atoms with Crippen LogP contribution >= 0.6 is 15.9 Å². The second-order valence-corrected chi connectivity index (χ2v) is 6.98. The molecule has 1 atom stereocenters. The minimum absolute atomic E-state index is 0.400. The Hall–Kier alpha value is -2.28. The number of furan rings is 1. The standard InChI is InChI=1S/C21H22BrNO4/c1-25-21-11-16(12-23-13-18(24)19-3-2-10-26-19)6-9-20(21)27-14-15-4-7-17(22)8-5-15/h2-11,18,23-24H,12-14H2,1H3. The van der Waals surface area contributed by atoms with Gasteiger partial charge < -0.3 is 24.3 Å². The zero-order chi connectivity index (χ0) is 19.1. The Morgan fingerprint density at radius 1 is 1.07 bits per heavy atom. The molecule has 0 aliphatic heterocycles. The Bertz CT molecular complexity index is 834. The van der Waals surface area contributed by atoms with Crippen molar-refractivity contribution in [3.63, 3.8) is 0 Å². The first kappa shape index (κ1) is 19.5. The van der Waals surface area contributed by atoms with Crippen LogP contribution in [0, 0.1) is 0 Å². The van der Waals surface area contributed by atoms with E-state index >= 15 is 0 Å². The van der Waals surface area contributed by atoms with Crippen LogP contribution in [0.25, 0.3) is 0 Å². The van der Waals surface area contributed by atoms with Crippen LogP contribution in [-0.2, 0) is 13.2 Å². The Morgan fingerprint density at radius 2 is 1.85 bits per heavy atom. The van der Waals surface area contributed by atoms with Gasteiger partial charge in [0.25, 0.3) is 0 Å². The van der Waals surface area contributed by atoms with Gasteiger partial charge in [-0.15, -0.1) is 0 Å². The number of hydrogen-bond acceptors (Lipinski definition) is 5. The normalized spacial score (nSPS) is 12.0. The highest BCUT2D eigenvalue weighted by molar-refractivity contribution is 9.10. The molecular formula is C21H22BrNO4. The Morgan fingerprint density at radius 3 is 2.56 bits per heavy atom. The fourth-order valence-corrected chi connectivity index (χ4v) is 2.88. The highest BCUT2D eigenvalue weighted by Crippen LogP contribution is 2.29. The first-order chi connectivity index (χ1) is 13.2. The van der Waals surface area contributed by atoms with E-state index in [1.54, 1.807) is 25.5 Å². The molecule has 0 amide bonds. The lowest BCUT2D eigenvalue weighted by atomic mass is 10.2. The summed E-state index contributed by atoms with van der Waals surface area (Å²) in [5, 5.41) is 13.2. The summed E-state index contributed by atoms with van der Waals surface area (Å²) >= 11 is 3.43. The SMILES string of the molecule is COc1cc(CNCC(O)c2ccco2)ccc1OCc1ccc(Br)cc1. The second-order valence-electron chi connectivity index (χ2n) is 6.06. The van der Waals surface area contributed by atoms with E-state index in [9.17, 15) is 5.11 Å². The maximum Gasteiger partial charge on any atom is 0.161 e. The van der Waals surface area contributed by atoms with E-state index in [0.29, 0.717) is 37.0 Å².